The maximum atomic E-state index is 12.4. The number of benzene rings is 1. The first-order valence-corrected chi connectivity index (χ1v) is 11.3. The van der Waals surface area contributed by atoms with E-state index in [4.69, 9.17) is 0 Å². The molecule has 0 aromatic heterocycles. The molecule has 0 heterocycles. The molecule has 26 heavy (non-hydrogen) atoms. The van der Waals surface area contributed by atoms with Gasteiger partial charge in [0.1, 0.15) is 0 Å². The fourth-order valence-corrected chi connectivity index (χ4v) is 5.16. The summed E-state index contributed by atoms with van der Waals surface area (Å²) in [6.45, 7) is 2.39. The van der Waals surface area contributed by atoms with Crippen LogP contribution < -0.4 is 10.0 Å². The van der Waals surface area contributed by atoms with Gasteiger partial charge in [-0.15, -0.1) is 0 Å². The van der Waals surface area contributed by atoms with Crippen LogP contribution in [0.3, 0.4) is 0 Å². The molecule has 0 saturated heterocycles. The van der Waals surface area contributed by atoms with E-state index in [1.807, 2.05) is 19.1 Å². The third kappa shape index (κ3) is 5.07. The molecule has 0 bridgehead atoms. The minimum Gasteiger partial charge on any atom is -0.353 e. The number of hydrogen-bond acceptors (Lipinski definition) is 3. The molecule has 0 spiro atoms. The number of hydrogen-bond donors (Lipinski definition) is 2. The number of amides is 1. The Balaban J connectivity index is 1.43. The van der Waals surface area contributed by atoms with Crippen LogP contribution in [-0.4, -0.2) is 26.9 Å². The molecule has 0 unspecified atom stereocenters. The van der Waals surface area contributed by atoms with E-state index >= 15 is 0 Å². The van der Waals surface area contributed by atoms with Gasteiger partial charge in [0.15, 0.2) is 0 Å². The van der Waals surface area contributed by atoms with E-state index in [1.165, 1.54) is 12.8 Å². The second-order valence-corrected chi connectivity index (χ2v) is 9.64. The van der Waals surface area contributed by atoms with Gasteiger partial charge in [-0.1, -0.05) is 30.5 Å². The van der Waals surface area contributed by atoms with Crippen LogP contribution >= 0.6 is 0 Å². The van der Waals surface area contributed by atoms with Crippen LogP contribution in [0.1, 0.15) is 56.9 Å². The summed E-state index contributed by atoms with van der Waals surface area (Å²) in [5, 5.41) is 3.20. The van der Waals surface area contributed by atoms with E-state index in [0.29, 0.717) is 23.4 Å². The zero-order chi connectivity index (χ0) is 18.6. The summed E-state index contributed by atoms with van der Waals surface area (Å²) in [6, 6.07) is 7.27. The van der Waals surface area contributed by atoms with Crippen LogP contribution in [0.15, 0.2) is 29.2 Å². The molecule has 2 fully saturated rings. The van der Waals surface area contributed by atoms with Crippen LogP contribution in [0.5, 0.6) is 0 Å². The molecule has 1 aromatic carbocycles. The molecule has 1 aromatic rings. The fourth-order valence-electron chi connectivity index (χ4n) is 4.05. The predicted octanol–water partition coefficient (Wildman–Crippen LogP) is 3.14. The van der Waals surface area contributed by atoms with E-state index in [9.17, 15) is 13.2 Å². The number of aryl methyl sites for hydroxylation is 1. The third-order valence-electron chi connectivity index (χ3n) is 5.81. The normalized spacial score (nSPS) is 24.5. The molecule has 3 rings (SSSR count). The van der Waals surface area contributed by atoms with Crippen molar-refractivity contribution in [2.75, 3.05) is 6.54 Å². The van der Waals surface area contributed by atoms with Crippen molar-refractivity contribution in [2.24, 2.45) is 11.8 Å². The van der Waals surface area contributed by atoms with Crippen molar-refractivity contribution in [3.05, 3.63) is 29.8 Å². The smallest absolute Gasteiger partial charge is 0.240 e. The van der Waals surface area contributed by atoms with E-state index < -0.39 is 10.0 Å². The SMILES string of the molecule is Cc1ccc(S(=O)(=O)NCC2CCC(C(=O)NC3CCCC3)CC2)cc1. The minimum absolute atomic E-state index is 0.0977. The summed E-state index contributed by atoms with van der Waals surface area (Å²) < 4.78 is 27.5. The highest BCUT2D eigenvalue weighted by atomic mass is 32.2. The van der Waals surface area contributed by atoms with Gasteiger partial charge >= 0.3 is 0 Å². The maximum absolute atomic E-state index is 12.4. The summed E-state index contributed by atoms with van der Waals surface area (Å²) in [5.74, 6) is 0.613. The first-order chi connectivity index (χ1) is 12.4. The van der Waals surface area contributed by atoms with Crippen molar-refractivity contribution < 1.29 is 13.2 Å². The number of carbonyl (C=O) groups is 1. The lowest BCUT2D eigenvalue weighted by Gasteiger charge is -2.28. The van der Waals surface area contributed by atoms with Crippen molar-refractivity contribution in [1.29, 1.82) is 0 Å². The van der Waals surface area contributed by atoms with Gasteiger partial charge in [-0.05, 0) is 63.5 Å². The Labute approximate surface area is 157 Å². The molecule has 2 aliphatic rings. The summed E-state index contributed by atoms with van der Waals surface area (Å²) in [5.41, 5.74) is 1.04. The zero-order valence-corrected chi connectivity index (χ0v) is 16.4. The monoisotopic (exact) mass is 378 g/mol. The second kappa shape index (κ2) is 8.53. The van der Waals surface area contributed by atoms with Crippen molar-refractivity contribution in [3.8, 4) is 0 Å². The first-order valence-electron chi connectivity index (χ1n) is 9.81. The summed E-state index contributed by atoms with van der Waals surface area (Å²) in [6.07, 6.45) is 8.19. The van der Waals surface area contributed by atoms with E-state index in [0.717, 1.165) is 44.1 Å². The second-order valence-electron chi connectivity index (χ2n) is 7.87. The molecular weight excluding hydrogens is 348 g/mol. The summed E-state index contributed by atoms with van der Waals surface area (Å²) >= 11 is 0. The van der Waals surface area contributed by atoms with Crippen molar-refractivity contribution in [1.82, 2.24) is 10.0 Å². The van der Waals surface area contributed by atoms with Gasteiger partial charge in [0.05, 0.1) is 4.90 Å². The minimum atomic E-state index is -3.45. The highest BCUT2D eigenvalue weighted by molar-refractivity contribution is 7.89. The molecule has 0 atom stereocenters. The molecule has 2 N–H and O–H groups in total. The van der Waals surface area contributed by atoms with Crippen LogP contribution in [0.4, 0.5) is 0 Å². The van der Waals surface area contributed by atoms with E-state index in [-0.39, 0.29) is 11.8 Å². The fraction of sp³-hybridized carbons (Fsp3) is 0.650. The average Bonchev–Trinajstić information content (AvgIpc) is 3.14. The number of rotatable bonds is 6. The van der Waals surface area contributed by atoms with Gasteiger partial charge in [0, 0.05) is 18.5 Å². The van der Waals surface area contributed by atoms with Gasteiger partial charge in [-0.2, -0.15) is 0 Å². The summed E-state index contributed by atoms with van der Waals surface area (Å²) in [7, 11) is -3.45. The van der Waals surface area contributed by atoms with E-state index in [1.54, 1.807) is 12.1 Å². The van der Waals surface area contributed by atoms with Crippen molar-refractivity contribution in [3.63, 3.8) is 0 Å². The Morgan fingerprint density at radius 1 is 1.00 bits per heavy atom. The Morgan fingerprint density at radius 3 is 2.23 bits per heavy atom. The molecular formula is C20H30N2O3S. The number of carbonyl (C=O) groups excluding carboxylic acids is 1. The molecule has 6 heteroatoms. The van der Waals surface area contributed by atoms with Gasteiger partial charge < -0.3 is 5.32 Å². The van der Waals surface area contributed by atoms with Gasteiger partial charge in [-0.3, -0.25) is 4.79 Å². The average molecular weight is 379 g/mol. The van der Waals surface area contributed by atoms with Crippen LogP contribution in [0.2, 0.25) is 0 Å². The quantitative estimate of drug-likeness (QED) is 0.798. The maximum Gasteiger partial charge on any atom is 0.240 e. The molecule has 144 valence electrons. The van der Waals surface area contributed by atoms with E-state index in [2.05, 4.69) is 10.0 Å². The largest absolute Gasteiger partial charge is 0.353 e. The predicted molar refractivity (Wildman–Crippen MR) is 102 cm³/mol. The number of sulfonamides is 1. The zero-order valence-electron chi connectivity index (χ0n) is 15.5. The van der Waals surface area contributed by atoms with Crippen LogP contribution in [0, 0.1) is 18.8 Å². The topological polar surface area (TPSA) is 75.3 Å². The van der Waals surface area contributed by atoms with Crippen LogP contribution in [0.25, 0.3) is 0 Å². The molecule has 2 saturated carbocycles. The van der Waals surface area contributed by atoms with Gasteiger partial charge in [0.2, 0.25) is 15.9 Å². The molecule has 2 aliphatic carbocycles. The standard InChI is InChI=1S/C20H30N2O3S/c1-15-6-12-19(13-7-15)26(24,25)21-14-16-8-10-17(11-9-16)20(23)22-18-4-2-3-5-18/h6-7,12-13,16-18,21H,2-5,8-11,14H2,1H3,(H,22,23). The van der Waals surface area contributed by atoms with Gasteiger partial charge in [-0.25, -0.2) is 13.1 Å². The Kier molecular flexibility index (Phi) is 6.35. The Bertz CT molecular complexity index is 701. The molecule has 0 aliphatic heterocycles. The summed E-state index contributed by atoms with van der Waals surface area (Å²) in [4.78, 5) is 12.7. The lowest BCUT2D eigenvalue weighted by Crippen LogP contribution is -2.39. The highest BCUT2D eigenvalue weighted by Crippen LogP contribution is 2.29. The molecule has 1 amide bonds. The lowest BCUT2D eigenvalue weighted by atomic mass is 9.81. The Morgan fingerprint density at radius 2 is 1.62 bits per heavy atom. The number of nitrogens with one attached hydrogen (secondary N) is 2. The highest BCUT2D eigenvalue weighted by Gasteiger charge is 2.29. The molecule has 5 nitrogen and oxygen atoms in total. The molecule has 0 radical (unpaired) electrons. The Hall–Kier alpha value is -1.40. The van der Waals surface area contributed by atoms with Crippen molar-refractivity contribution in [2.45, 2.75) is 69.2 Å². The first kappa shape index (κ1) is 19.4. The lowest BCUT2D eigenvalue weighted by molar-refractivity contribution is -0.126. The van der Waals surface area contributed by atoms with Crippen LogP contribution in [-0.2, 0) is 14.8 Å². The van der Waals surface area contributed by atoms with Crippen molar-refractivity contribution >= 4 is 15.9 Å². The van der Waals surface area contributed by atoms with Gasteiger partial charge in [0.25, 0.3) is 0 Å². The third-order valence-corrected chi connectivity index (χ3v) is 7.25.